The Labute approximate surface area is 216 Å². The number of benzene rings is 1. The van der Waals surface area contributed by atoms with Gasteiger partial charge in [0.25, 0.3) is 5.91 Å². The molecule has 9 nitrogen and oxygen atoms in total. The van der Waals surface area contributed by atoms with Crippen LogP contribution in [0.4, 0.5) is 36.4 Å². The van der Waals surface area contributed by atoms with Crippen molar-refractivity contribution in [1.29, 1.82) is 0 Å². The van der Waals surface area contributed by atoms with Gasteiger partial charge >= 0.3 is 21.7 Å². The quantitative estimate of drug-likeness (QED) is 0.443. The van der Waals surface area contributed by atoms with Gasteiger partial charge in [0.2, 0.25) is 0 Å². The number of carbonyl (C=O) groups excluding carboxylic acids is 1. The number of rotatable bonds is 6. The molecule has 0 saturated heterocycles. The van der Waals surface area contributed by atoms with Crippen LogP contribution in [0.15, 0.2) is 47.7 Å². The molecule has 1 aromatic carbocycles. The lowest BCUT2D eigenvalue weighted by molar-refractivity contribution is -0.141. The summed E-state index contributed by atoms with van der Waals surface area (Å²) in [5.41, 5.74) is -7.79. The van der Waals surface area contributed by atoms with Crippen molar-refractivity contribution in [3.05, 3.63) is 65.4 Å². The summed E-state index contributed by atoms with van der Waals surface area (Å²) < 4.78 is 119. The minimum Gasteiger partial charge on any atom is -0.347 e. The first-order valence-corrected chi connectivity index (χ1v) is 12.6. The van der Waals surface area contributed by atoms with Gasteiger partial charge in [0.1, 0.15) is 23.0 Å². The molecule has 0 saturated carbocycles. The van der Waals surface area contributed by atoms with E-state index in [9.17, 15) is 43.9 Å². The molecule has 1 amide bonds. The standard InChI is InChI=1S/C22H19F7N6O3S/c1-2-16-32-34(9-10-35(16)39(37,38)22(27,28)29)15-7-6-13(11-14(15)23)12-30-20(36)18-19(21(24,25)26)31-17-5-3-4-8-33(17)18/h3-8,11H,2,9-10,12H2,1H3,(H,30,36). The van der Waals surface area contributed by atoms with E-state index in [0.29, 0.717) is 0 Å². The molecule has 39 heavy (non-hydrogen) atoms. The topological polar surface area (TPSA) is 99.4 Å². The number of hydrogen-bond donors (Lipinski definition) is 1. The van der Waals surface area contributed by atoms with E-state index in [2.05, 4.69) is 15.4 Å². The molecule has 1 N–H and O–H groups in total. The third kappa shape index (κ3) is 5.35. The number of amides is 1. The van der Waals surface area contributed by atoms with E-state index in [-0.39, 0.29) is 40.7 Å². The molecule has 0 aliphatic carbocycles. The molecule has 1 aliphatic rings. The Morgan fingerprint density at radius 2 is 1.79 bits per heavy atom. The number of pyridine rings is 1. The fourth-order valence-corrected chi connectivity index (χ4v) is 4.92. The van der Waals surface area contributed by atoms with Crippen LogP contribution in [0.25, 0.3) is 5.65 Å². The zero-order valence-corrected chi connectivity index (χ0v) is 20.7. The van der Waals surface area contributed by atoms with E-state index in [1.807, 2.05) is 0 Å². The van der Waals surface area contributed by atoms with Crippen molar-refractivity contribution >= 4 is 33.1 Å². The van der Waals surface area contributed by atoms with E-state index < -0.39 is 57.2 Å². The average Bonchev–Trinajstić information content (AvgIpc) is 3.27. The van der Waals surface area contributed by atoms with Crippen molar-refractivity contribution in [2.45, 2.75) is 31.6 Å². The molecule has 0 fully saturated rings. The summed E-state index contributed by atoms with van der Waals surface area (Å²) in [5.74, 6) is -2.45. The smallest absolute Gasteiger partial charge is 0.347 e. The summed E-state index contributed by atoms with van der Waals surface area (Å²) in [7, 11) is -5.68. The van der Waals surface area contributed by atoms with Crippen molar-refractivity contribution in [2.75, 3.05) is 18.1 Å². The molecule has 3 aromatic rings. The minimum absolute atomic E-state index is 0.0968. The first-order chi connectivity index (χ1) is 18.1. The number of alkyl halides is 6. The maximum atomic E-state index is 14.9. The third-order valence-electron chi connectivity index (χ3n) is 5.69. The van der Waals surface area contributed by atoms with Crippen LogP contribution < -0.4 is 10.3 Å². The molecule has 210 valence electrons. The van der Waals surface area contributed by atoms with Gasteiger partial charge in [0.05, 0.1) is 18.8 Å². The molecule has 1 aliphatic heterocycles. The van der Waals surface area contributed by atoms with Gasteiger partial charge in [-0.15, -0.1) is 0 Å². The van der Waals surface area contributed by atoms with E-state index in [0.717, 1.165) is 15.5 Å². The number of aromatic nitrogens is 2. The van der Waals surface area contributed by atoms with Crippen LogP contribution in [0.5, 0.6) is 0 Å². The largest absolute Gasteiger partial charge is 0.516 e. The van der Waals surface area contributed by atoms with Gasteiger partial charge < -0.3 is 5.32 Å². The highest BCUT2D eigenvalue weighted by atomic mass is 32.2. The molecule has 3 heterocycles. The number of halogens is 7. The molecule has 0 atom stereocenters. The Morgan fingerprint density at radius 1 is 1.08 bits per heavy atom. The summed E-state index contributed by atoms with van der Waals surface area (Å²) in [5, 5.41) is 7.17. The normalized spacial score (nSPS) is 15.0. The summed E-state index contributed by atoms with van der Waals surface area (Å²) in [6, 6.07) is 7.68. The predicted molar refractivity (Wildman–Crippen MR) is 125 cm³/mol. The highest BCUT2D eigenvalue weighted by Gasteiger charge is 2.51. The van der Waals surface area contributed by atoms with Gasteiger partial charge in [0, 0.05) is 19.2 Å². The van der Waals surface area contributed by atoms with Crippen LogP contribution in [0.2, 0.25) is 0 Å². The van der Waals surface area contributed by atoms with Gasteiger partial charge in [-0.1, -0.05) is 19.1 Å². The molecule has 0 bridgehead atoms. The molecule has 0 radical (unpaired) electrons. The molecule has 0 unspecified atom stereocenters. The summed E-state index contributed by atoms with van der Waals surface area (Å²) in [6.45, 7) is -0.00127. The van der Waals surface area contributed by atoms with Crippen molar-refractivity contribution in [3.8, 4) is 0 Å². The van der Waals surface area contributed by atoms with Gasteiger partial charge in [-0.25, -0.2) is 13.7 Å². The molecule has 2 aromatic heterocycles. The number of amidine groups is 1. The van der Waals surface area contributed by atoms with Crippen LogP contribution in [0.1, 0.15) is 35.1 Å². The van der Waals surface area contributed by atoms with Crippen molar-refractivity contribution in [3.63, 3.8) is 0 Å². The van der Waals surface area contributed by atoms with Gasteiger partial charge in [-0.2, -0.15) is 39.9 Å². The fraction of sp³-hybridized carbons (Fsp3) is 0.318. The Balaban J connectivity index is 1.53. The summed E-state index contributed by atoms with van der Waals surface area (Å²) in [6.07, 6.45) is -3.86. The van der Waals surface area contributed by atoms with Crippen molar-refractivity contribution in [1.82, 2.24) is 19.0 Å². The van der Waals surface area contributed by atoms with Crippen LogP contribution in [-0.4, -0.2) is 52.4 Å². The minimum atomic E-state index is -5.68. The van der Waals surface area contributed by atoms with Crippen molar-refractivity contribution < 1.29 is 43.9 Å². The Hall–Kier alpha value is -3.89. The lowest BCUT2D eigenvalue weighted by Crippen LogP contribution is -2.50. The monoisotopic (exact) mass is 580 g/mol. The van der Waals surface area contributed by atoms with Crippen molar-refractivity contribution in [2.24, 2.45) is 5.10 Å². The molecule has 0 spiro atoms. The highest BCUT2D eigenvalue weighted by molar-refractivity contribution is 7.90. The zero-order chi connectivity index (χ0) is 28.8. The summed E-state index contributed by atoms with van der Waals surface area (Å²) in [4.78, 5) is 16.2. The van der Waals surface area contributed by atoms with E-state index in [1.165, 1.54) is 43.5 Å². The number of hydrogen-bond acceptors (Lipinski definition) is 6. The number of fused-ring (bicyclic) bond motifs is 1. The second kappa shape index (κ2) is 10.0. The fourth-order valence-electron chi connectivity index (χ4n) is 3.91. The summed E-state index contributed by atoms with van der Waals surface area (Å²) >= 11 is 0. The molecule has 4 rings (SSSR count). The maximum Gasteiger partial charge on any atom is 0.516 e. The predicted octanol–water partition coefficient (Wildman–Crippen LogP) is 4.12. The zero-order valence-electron chi connectivity index (χ0n) is 19.9. The Bertz CT molecular complexity index is 1550. The van der Waals surface area contributed by atoms with Gasteiger partial charge in [-0.05, 0) is 29.8 Å². The molecular formula is C22H19F7N6O3S. The van der Waals surface area contributed by atoms with E-state index in [4.69, 9.17) is 0 Å². The van der Waals surface area contributed by atoms with E-state index >= 15 is 0 Å². The van der Waals surface area contributed by atoms with Crippen LogP contribution in [0.3, 0.4) is 0 Å². The first kappa shape index (κ1) is 28.1. The lowest BCUT2D eigenvalue weighted by Gasteiger charge is -2.34. The number of sulfonamides is 1. The SMILES string of the molecule is CCC1=NN(c2ccc(CNC(=O)c3c(C(F)(F)F)nc4ccccn34)cc2F)CCN1S(=O)(=O)C(F)(F)F. The highest BCUT2D eigenvalue weighted by Crippen LogP contribution is 2.33. The third-order valence-corrected chi connectivity index (χ3v) is 7.25. The number of anilines is 1. The van der Waals surface area contributed by atoms with Gasteiger partial charge in [0.15, 0.2) is 5.69 Å². The second-order valence-corrected chi connectivity index (χ2v) is 10.1. The maximum absolute atomic E-state index is 14.9. The molecular weight excluding hydrogens is 561 g/mol. The number of carbonyl (C=O) groups is 1. The molecule has 17 heteroatoms. The number of imidazole rings is 1. The second-order valence-electron chi connectivity index (χ2n) is 8.22. The Morgan fingerprint density at radius 3 is 2.41 bits per heavy atom. The lowest BCUT2D eigenvalue weighted by atomic mass is 10.2. The number of nitrogens with zero attached hydrogens (tertiary/aromatic N) is 5. The van der Waals surface area contributed by atoms with Gasteiger partial charge in [-0.3, -0.25) is 14.2 Å². The van der Waals surface area contributed by atoms with Crippen LogP contribution >= 0.6 is 0 Å². The van der Waals surface area contributed by atoms with Crippen LogP contribution in [-0.2, 0) is 22.7 Å². The number of nitrogens with one attached hydrogen (secondary N) is 1. The first-order valence-electron chi connectivity index (χ1n) is 11.2. The number of hydrazone groups is 1. The average molecular weight is 580 g/mol. The Kier molecular flexibility index (Phi) is 7.22. The van der Waals surface area contributed by atoms with Crippen LogP contribution in [0, 0.1) is 5.82 Å². The van der Waals surface area contributed by atoms with E-state index in [1.54, 1.807) is 0 Å².